The van der Waals surface area contributed by atoms with E-state index in [1.165, 1.54) is 0 Å². The molecule has 6 nitrogen and oxygen atoms in total. The number of rotatable bonds is 10. The molecule has 2 aromatic carbocycles. The number of aliphatic imine (C=N–C) groups is 1. The van der Waals surface area contributed by atoms with Gasteiger partial charge in [0.2, 0.25) is 0 Å². The average molecular weight is 513 g/mol. The number of aliphatic hydroxyl groups is 1. The summed E-state index contributed by atoms with van der Waals surface area (Å²) in [6.07, 6.45) is -0.697. The Balaban J connectivity index is 0.00000420. The van der Waals surface area contributed by atoms with Crippen LogP contribution >= 0.6 is 24.0 Å². The molecular formula is C22H32IN3O3. The molecule has 2 unspecified atom stereocenters. The van der Waals surface area contributed by atoms with Crippen molar-refractivity contribution >= 4 is 29.9 Å². The molecule has 0 aromatic heterocycles. The van der Waals surface area contributed by atoms with E-state index in [4.69, 9.17) is 9.47 Å². The van der Waals surface area contributed by atoms with Crippen LogP contribution in [0.1, 0.15) is 31.1 Å². The first-order chi connectivity index (χ1) is 13.6. The van der Waals surface area contributed by atoms with E-state index in [2.05, 4.69) is 15.6 Å². The summed E-state index contributed by atoms with van der Waals surface area (Å²) in [5.74, 6) is 1.46. The molecule has 0 aliphatic carbocycles. The number of aliphatic hydroxyl groups excluding tert-OH is 1. The van der Waals surface area contributed by atoms with E-state index in [-0.39, 0.29) is 36.7 Å². The van der Waals surface area contributed by atoms with Gasteiger partial charge in [-0.2, -0.15) is 0 Å². The lowest BCUT2D eigenvalue weighted by atomic mass is 10.1. The summed E-state index contributed by atoms with van der Waals surface area (Å²) in [7, 11) is 1.65. The molecule has 29 heavy (non-hydrogen) atoms. The molecule has 0 bridgehead atoms. The van der Waals surface area contributed by atoms with Crippen LogP contribution in [0.2, 0.25) is 0 Å². The van der Waals surface area contributed by atoms with Crippen molar-refractivity contribution in [1.82, 2.24) is 10.6 Å². The predicted molar refractivity (Wildman–Crippen MR) is 128 cm³/mol. The molecule has 160 valence electrons. The van der Waals surface area contributed by atoms with Crippen molar-refractivity contribution in [1.29, 1.82) is 0 Å². The van der Waals surface area contributed by atoms with Crippen molar-refractivity contribution in [2.24, 2.45) is 4.99 Å². The van der Waals surface area contributed by atoms with E-state index >= 15 is 0 Å². The van der Waals surface area contributed by atoms with Gasteiger partial charge in [-0.15, -0.1) is 24.0 Å². The summed E-state index contributed by atoms with van der Waals surface area (Å²) in [5.41, 5.74) is 2.15. The lowest BCUT2D eigenvalue weighted by molar-refractivity contribution is -0.000599. The largest absolute Gasteiger partial charge is 0.497 e. The molecule has 0 fully saturated rings. The van der Waals surface area contributed by atoms with Crippen LogP contribution in [0.4, 0.5) is 0 Å². The van der Waals surface area contributed by atoms with Crippen LogP contribution < -0.4 is 15.4 Å². The molecule has 0 saturated carbocycles. The molecule has 2 rings (SSSR count). The summed E-state index contributed by atoms with van der Waals surface area (Å²) in [6, 6.07) is 17.8. The first kappa shape index (κ1) is 25.2. The number of benzene rings is 2. The van der Waals surface area contributed by atoms with E-state index in [1.54, 1.807) is 7.11 Å². The molecule has 0 saturated heterocycles. The van der Waals surface area contributed by atoms with Crippen LogP contribution in [0.25, 0.3) is 0 Å². The maximum atomic E-state index is 10.2. The smallest absolute Gasteiger partial charge is 0.191 e. The van der Waals surface area contributed by atoms with Crippen LogP contribution in [0.5, 0.6) is 5.75 Å². The first-order valence-electron chi connectivity index (χ1n) is 9.62. The number of hydrogen-bond donors (Lipinski definition) is 3. The molecule has 0 radical (unpaired) electrons. The molecule has 2 atom stereocenters. The molecule has 0 amide bonds. The van der Waals surface area contributed by atoms with E-state index in [9.17, 15) is 5.11 Å². The third-order valence-electron chi connectivity index (χ3n) is 4.21. The summed E-state index contributed by atoms with van der Waals surface area (Å²) in [4.78, 5) is 4.56. The minimum atomic E-state index is -0.633. The minimum absolute atomic E-state index is 0. The van der Waals surface area contributed by atoms with Crippen LogP contribution in [0.15, 0.2) is 59.6 Å². The van der Waals surface area contributed by atoms with E-state index in [0.717, 1.165) is 23.4 Å². The summed E-state index contributed by atoms with van der Waals surface area (Å²) >= 11 is 0. The van der Waals surface area contributed by atoms with Gasteiger partial charge in [-0.25, -0.2) is 4.99 Å². The highest BCUT2D eigenvalue weighted by molar-refractivity contribution is 14.0. The molecule has 0 spiro atoms. The second-order valence-corrected chi connectivity index (χ2v) is 6.47. The Kier molecular flexibility index (Phi) is 12.3. The van der Waals surface area contributed by atoms with Crippen molar-refractivity contribution in [2.75, 3.05) is 26.8 Å². The van der Waals surface area contributed by atoms with Gasteiger partial charge in [0.1, 0.15) is 5.75 Å². The highest BCUT2D eigenvalue weighted by atomic mass is 127. The Morgan fingerprint density at radius 3 is 2.55 bits per heavy atom. The molecular weight excluding hydrogens is 481 g/mol. The Morgan fingerprint density at radius 2 is 1.86 bits per heavy atom. The molecule has 0 aliphatic rings. The van der Waals surface area contributed by atoms with Gasteiger partial charge in [0.25, 0.3) is 0 Å². The molecule has 7 heteroatoms. The second-order valence-electron chi connectivity index (χ2n) is 6.47. The Bertz CT molecular complexity index is 728. The van der Waals surface area contributed by atoms with E-state index in [1.807, 2.05) is 68.4 Å². The lowest BCUT2D eigenvalue weighted by Crippen LogP contribution is -2.42. The summed E-state index contributed by atoms with van der Waals surface area (Å²) in [5, 5.41) is 16.6. The van der Waals surface area contributed by atoms with Crippen LogP contribution in [0, 0.1) is 0 Å². The van der Waals surface area contributed by atoms with Gasteiger partial charge in [-0.1, -0.05) is 42.5 Å². The number of nitrogens with one attached hydrogen (secondary N) is 2. The molecule has 0 aliphatic heterocycles. The highest BCUT2D eigenvalue weighted by Gasteiger charge is 2.10. The van der Waals surface area contributed by atoms with Gasteiger partial charge in [-0.05, 0) is 37.1 Å². The van der Waals surface area contributed by atoms with Crippen molar-refractivity contribution in [3.63, 3.8) is 0 Å². The van der Waals surface area contributed by atoms with E-state index in [0.29, 0.717) is 19.0 Å². The fraction of sp³-hybridized carbons (Fsp3) is 0.409. The normalized spacial score (nSPS) is 13.2. The van der Waals surface area contributed by atoms with Gasteiger partial charge in [-0.3, -0.25) is 0 Å². The number of methoxy groups -OCH3 is 1. The average Bonchev–Trinajstić information content (AvgIpc) is 2.74. The van der Waals surface area contributed by atoms with Crippen molar-refractivity contribution in [3.05, 3.63) is 65.7 Å². The van der Waals surface area contributed by atoms with Crippen LogP contribution in [-0.4, -0.2) is 44.0 Å². The Labute approximate surface area is 190 Å². The molecule has 0 heterocycles. The van der Waals surface area contributed by atoms with E-state index < -0.39 is 6.10 Å². The zero-order chi connectivity index (χ0) is 20.2. The lowest BCUT2D eigenvalue weighted by Gasteiger charge is -2.18. The second kappa shape index (κ2) is 14.2. The monoisotopic (exact) mass is 513 g/mol. The number of guanidine groups is 1. The van der Waals surface area contributed by atoms with Gasteiger partial charge in [0.05, 0.1) is 32.5 Å². The fourth-order valence-corrected chi connectivity index (χ4v) is 2.63. The van der Waals surface area contributed by atoms with Gasteiger partial charge in [0.15, 0.2) is 5.96 Å². The maximum Gasteiger partial charge on any atom is 0.191 e. The zero-order valence-electron chi connectivity index (χ0n) is 17.3. The van der Waals surface area contributed by atoms with Gasteiger partial charge < -0.3 is 25.2 Å². The molecule has 3 N–H and O–H groups in total. The standard InChI is InChI=1S/C22H31N3O3.HI/c1-4-23-22(24-14-18-9-8-12-21(13-18)27-3)25-15-20(26)16-28-17(2)19-10-6-5-7-11-19;/h5-13,17,20,26H,4,14-16H2,1-3H3,(H2,23,24,25);1H. The maximum absolute atomic E-state index is 10.2. The number of hydrogen-bond acceptors (Lipinski definition) is 4. The van der Waals surface area contributed by atoms with Gasteiger partial charge >= 0.3 is 0 Å². The minimum Gasteiger partial charge on any atom is -0.497 e. The topological polar surface area (TPSA) is 75.1 Å². The van der Waals surface area contributed by atoms with Crippen molar-refractivity contribution in [3.8, 4) is 5.75 Å². The fourth-order valence-electron chi connectivity index (χ4n) is 2.63. The quantitative estimate of drug-likeness (QED) is 0.258. The van der Waals surface area contributed by atoms with Crippen LogP contribution in [-0.2, 0) is 11.3 Å². The first-order valence-corrected chi connectivity index (χ1v) is 9.62. The highest BCUT2D eigenvalue weighted by Crippen LogP contribution is 2.16. The Morgan fingerprint density at radius 1 is 1.10 bits per heavy atom. The van der Waals surface area contributed by atoms with Crippen molar-refractivity contribution < 1.29 is 14.6 Å². The molecule has 2 aromatic rings. The summed E-state index contributed by atoms with van der Waals surface area (Å²) in [6.45, 7) is 5.84. The zero-order valence-corrected chi connectivity index (χ0v) is 19.6. The number of ether oxygens (including phenoxy) is 2. The SMILES string of the molecule is CCNC(=NCc1cccc(OC)c1)NCC(O)COC(C)c1ccccc1.I. The third-order valence-corrected chi connectivity index (χ3v) is 4.21. The van der Waals surface area contributed by atoms with Gasteiger partial charge in [0, 0.05) is 13.1 Å². The van der Waals surface area contributed by atoms with Crippen LogP contribution in [0.3, 0.4) is 0 Å². The van der Waals surface area contributed by atoms with Crippen molar-refractivity contribution in [2.45, 2.75) is 32.6 Å². The Hall–Kier alpha value is -1.84. The third kappa shape index (κ3) is 9.47. The summed E-state index contributed by atoms with van der Waals surface area (Å²) < 4.78 is 11.0. The predicted octanol–water partition coefficient (Wildman–Crippen LogP) is 3.51. The number of nitrogens with zero attached hydrogens (tertiary/aromatic N) is 1. The number of halogens is 1.